The second kappa shape index (κ2) is 6.60. The maximum Gasteiger partial charge on any atom is 0.0745 e. The van der Waals surface area contributed by atoms with Gasteiger partial charge in [0.1, 0.15) is 0 Å². The molecule has 2 aromatic carbocycles. The first-order valence-corrected chi connectivity index (χ1v) is 6.42. The van der Waals surface area contributed by atoms with Crippen LogP contribution >= 0.6 is 0 Å². The summed E-state index contributed by atoms with van der Waals surface area (Å²) < 4.78 is 0. The molecule has 0 radical (unpaired) electrons. The first kappa shape index (κ1) is 13.9. The quantitative estimate of drug-likeness (QED) is 0.727. The fourth-order valence-corrected chi connectivity index (χ4v) is 2.05. The largest absolute Gasteiger partial charge is 0.398 e. The van der Waals surface area contributed by atoms with Crippen molar-refractivity contribution in [2.75, 3.05) is 17.7 Å². The van der Waals surface area contributed by atoms with Gasteiger partial charge >= 0.3 is 0 Å². The number of aliphatic hydroxyl groups excluding tert-OH is 1. The first-order chi connectivity index (χ1) is 9.74. The normalized spacial score (nSPS) is 11.6. The molecule has 4 nitrogen and oxygen atoms in total. The van der Waals surface area contributed by atoms with Gasteiger partial charge in [-0.25, -0.2) is 0 Å². The van der Waals surface area contributed by atoms with E-state index in [9.17, 15) is 5.11 Å². The van der Waals surface area contributed by atoms with Gasteiger partial charge in [-0.2, -0.15) is 5.26 Å². The molecule has 0 bridgehead atoms. The molecule has 0 heterocycles. The number of nitrogen functional groups attached to an aromatic ring is 1. The maximum atomic E-state index is 9.53. The Morgan fingerprint density at radius 1 is 1.20 bits per heavy atom. The summed E-state index contributed by atoms with van der Waals surface area (Å²) in [5, 5.41) is 21.6. The first-order valence-electron chi connectivity index (χ1n) is 6.42. The predicted octanol–water partition coefficient (Wildman–Crippen LogP) is 2.48. The third-order valence-electron chi connectivity index (χ3n) is 3.14. The highest BCUT2D eigenvalue weighted by molar-refractivity contribution is 5.58. The molecule has 0 amide bonds. The van der Waals surface area contributed by atoms with E-state index in [1.165, 1.54) is 0 Å². The minimum Gasteiger partial charge on any atom is -0.398 e. The van der Waals surface area contributed by atoms with Crippen LogP contribution in [0, 0.1) is 11.3 Å². The lowest BCUT2D eigenvalue weighted by Crippen LogP contribution is -2.15. The van der Waals surface area contributed by atoms with Crippen molar-refractivity contribution in [1.82, 2.24) is 0 Å². The molecule has 4 N–H and O–H groups in total. The Bertz CT molecular complexity index is 605. The van der Waals surface area contributed by atoms with Crippen molar-refractivity contribution in [3.8, 4) is 6.07 Å². The molecule has 0 spiro atoms. The van der Waals surface area contributed by atoms with E-state index in [4.69, 9.17) is 11.0 Å². The molecule has 2 rings (SSSR count). The molecule has 102 valence electrons. The fraction of sp³-hybridized carbons (Fsp3) is 0.188. The molecule has 0 aliphatic rings. The Morgan fingerprint density at radius 3 is 2.60 bits per heavy atom. The van der Waals surface area contributed by atoms with E-state index in [1.54, 1.807) is 6.07 Å². The van der Waals surface area contributed by atoms with Crippen molar-refractivity contribution < 1.29 is 5.11 Å². The molecule has 0 aliphatic carbocycles. The zero-order valence-electron chi connectivity index (χ0n) is 11.1. The van der Waals surface area contributed by atoms with Crippen LogP contribution in [0.2, 0.25) is 0 Å². The Hall–Kier alpha value is -2.51. The molecule has 0 saturated heterocycles. The molecule has 0 fully saturated rings. The molecule has 1 atom stereocenters. The third-order valence-corrected chi connectivity index (χ3v) is 3.14. The van der Waals surface area contributed by atoms with Crippen molar-refractivity contribution in [1.29, 1.82) is 5.26 Å². The third kappa shape index (κ3) is 3.28. The zero-order chi connectivity index (χ0) is 14.4. The topological polar surface area (TPSA) is 82.1 Å². The lowest BCUT2D eigenvalue weighted by Gasteiger charge is -2.19. The molecular formula is C16H17N3O. The fourth-order valence-electron chi connectivity index (χ4n) is 2.05. The van der Waals surface area contributed by atoms with Crippen molar-refractivity contribution in [3.63, 3.8) is 0 Å². The Balaban J connectivity index is 2.20. The SMILES string of the molecule is N#CCc1cc(NC(CO)c2ccccc2)ccc1N. The van der Waals surface area contributed by atoms with E-state index in [0.717, 1.165) is 16.8 Å². The van der Waals surface area contributed by atoms with E-state index in [0.29, 0.717) is 5.69 Å². The Morgan fingerprint density at radius 2 is 1.95 bits per heavy atom. The van der Waals surface area contributed by atoms with Crippen LogP contribution in [0.3, 0.4) is 0 Å². The highest BCUT2D eigenvalue weighted by atomic mass is 16.3. The summed E-state index contributed by atoms with van der Waals surface area (Å²) in [6, 6.07) is 17.1. The lowest BCUT2D eigenvalue weighted by molar-refractivity contribution is 0.276. The number of nitrogens with one attached hydrogen (secondary N) is 1. The molecule has 20 heavy (non-hydrogen) atoms. The minimum absolute atomic E-state index is 0.0119. The molecular weight excluding hydrogens is 250 g/mol. The van der Waals surface area contributed by atoms with Crippen LogP contribution < -0.4 is 11.1 Å². The van der Waals surface area contributed by atoms with Gasteiger partial charge in [0.05, 0.1) is 25.1 Å². The number of aliphatic hydroxyl groups is 1. The van der Waals surface area contributed by atoms with Crippen LogP contribution in [-0.4, -0.2) is 11.7 Å². The maximum absolute atomic E-state index is 9.53. The molecule has 0 aliphatic heterocycles. The van der Waals surface area contributed by atoms with Gasteiger partial charge in [0.2, 0.25) is 0 Å². The molecule has 0 saturated carbocycles. The lowest BCUT2D eigenvalue weighted by atomic mass is 10.1. The highest BCUT2D eigenvalue weighted by Crippen LogP contribution is 2.23. The van der Waals surface area contributed by atoms with E-state index < -0.39 is 0 Å². The number of anilines is 2. The number of nitrogens with zero attached hydrogens (tertiary/aromatic N) is 1. The summed E-state index contributed by atoms with van der Waals surface area (Å²) in [5.74, 6) is 0. The van der Waals surface area contributed by atoms with Crippen molar-refractivity contribution in [2.24, 2.45) is 0 Å². The molecule has 1 unspecified atom stereocenters. The van der Waals surface area contributed by atoms with E-state index >= 15 is 0 Å². The van der Waals surface area contributed by atoms with Gasteiger partial charge in [0.25, 0.3) is 0 Å². The number of rotatable bonds is 5. The minimum atomic E-state index is -0.185. The number of nitriles is 1. The summed E-state index contributed by atoms with van der Waals surface area (Å²) >= 11 is 0. The van der Waals surface area contributed by atoms with Crippen LogP contribution in [-0.2, 0) is 6.42 Å². The summed E-state index contributed by atoms with van der Waals surface area (Å²) in [6.45, 7) is -0.0119. The molecule has 4 heteroatoms. The second-order valence-corrected chi connectivity index (χ2v) is 4.54. The van der Waals surface area contributed by atoms with E-state index in [1.807, 2.05) is 42.5 Å². The zero-order valence-corrected chi connectivity index (χ0v) is 11.1. The van der Waals surface area contributed by atoms with Gasteiger partial charge in [0.15, 0.2) is 0 Å². The number of hydrogen-bond acceptors (Lipinski definition) is 4. The van der Waals surface area contributed by atoms with E-state index in [2.05, 4.69) is 11.4 Å². The van der Waals surface area contributed by atoms with Gasteiger partial charge in [-0.3, -0.25) is 0 Å². The van der Waals surface area contributed by atoms with Crippen LogP contribution in [0.15, 0.2) is 48.5 Å². The van der Waals surface area contributed by atoms with Crippen LogP contribution in [0.5, 0.6) is 0 Å². The molecule has 0 aromatic heterocycles. The van der Waals surface area contributed by atoms with Crippen molar-refractivity contribution >= 4 is 11.4 Å². The highest BCUT2D eigenvalue weighted by Gasteiger charge is 2.10. The summed E-state index contributed by atoms with van der Waals surface area (Å²) in [5.41, 5.74) is 9.07. The standard InChI is InChI=1S/C16H17N3O/c17-9-8-13-10-14(6-7-15(13)18)19-16(11-20)12-4-2-1-3-5-12/h1-7,10,16,19-20H,8,11,18H2. The molecule has 2 aromatic rings. The van der Waals surface area contributed by atoms with Crippen LogP contribution in [0.1, 0.15) is 17.2 Å². The van der Waals surface area contributed by atoms with Gasteiger partial charge in [-0.15, -0.1) is 0 Å². The smallest absolute Gasteiger partial charge is 0.0745 e. The number of benzene rings is 2. The number of nitrogens with two attached hydrogens (primary N) is 1. The van der Waals surface area contributed by atoms with Crippen molar-refractivity contribution in [3.05, 3.63) is 59.7 Å². The van der Waals surface area contributed by atoms with Crippen molar-refractivity contribution in [2.45, 2.75) is 12.5 Å². The van der Waals surface area contributed by atoms with Gasteiger partial charge < -0.3 is 16.2 Å². The Labute approximate surface area is 118 Å². The van der Waals surface area contributed by atoms with Gasteiger partial charge in [-0.05, 0) is 29.3 Å². The predicted molar refractivity (Wildman–Crippen MR) is 80.1 cm³/mol. The average molecular weight is 267 g/mol. The summed E-state index contributed by atoms with van der Waals surface area (Å²) in [6.07, 6.45) is 0.274. The monoisotopic (exact) mass is 267 g/mol. The van der Waals surface area contributed by atoms with Gasteiger partial charge in [-0.1, -0.05) is 30.3 Å². The van der Waals surface area contributed by atoms with Crippen LogP contribution in [0.4, 0.5) is 11.4 Å². The second-order valence-electron chi connectivity index (χ2n) is 4.54. The summed E-state index contributed by atoms with van der Waals surface area (Å²) in [7, 11) is 0. The Kier molecular flexibility index (Phi) is 4.59. The number of hydrogen-bond donors (Lipinski definition) is 3. The van der Waals surface area contributed by atoms with Crippen LogP contribution in [0.25, 0.3) is 0 Å². The van der Waals surface area contributed by atoms with Gasteiger partial charge in [0, 0.05) is 11.4 Å². The average Bonchev–Trinajstić information content (AvgIpc) is 2.49. The summed E-state index contributed by atoms with van der Waals surface area (Å²) in [4.78, 5) is 0. The van der Waals surface area contributed by atoms with E-state index in [-0.39, 0.29) is 19.1 Å².